The van der Waals surface area contributed by atoms with Crippen LogP contribution in [0.25, 0.3) is 0 Å². The van der Waals surface area contributed by atoms with E-state index in [-0.39, 0.29) is 41.0 Å². The molecule has 1 fully saturated rings. The van der Waals surface area contributed by atoms with Crippen LogP contribution in [0, 0.1) is 5.41 Å². The standard InChI is InChI=1S/C19H26N6O2S.Na/c1-18(2,3)27-17(26)23-15-14-4-7-22-25(14)12-19(15)5-8-24(9-6-19)16-20-10-13(28)11-21-16;/h4,7,10-11,15,28H,5-6,8-9,12H2,1-3H3,(H,23,26);/q;+1/p-1/t15-;/m1./s1. The summed E-state index contributed by atoms with van der Waals surface area (Å²) in [6.07, 6.45) is 6.52. The molecule has 8 nitrogen and oxygen atoms in total. The van der Waals surface area contributed by atoms with E-state index in [2.05, 4.69) is 25.3 Å². The Bertz CT molecular complexity index is 858. The number of aromatic nitrogens is 4. The molecule has 1 atom stereocenters. The van der Waals surface area contributed by atoms with Crippen molar-refractivity contribution in [3.8, 4) is 0 Å². The minimum atomic E-state index is -0.534. The normalized spacial score (nSPS) is 20.1. The Balaban J connectivity index is 0.00000240. The molecule has 10 heteroatoms. The van der Waals surface area contributed by atoms with Crippen molar-refractivity contribution < 1.29 is 39.1 Å². The first kappa shape index (κ1) is 22.3. The first-order chi connectivity index (χ1) is 13.3. The fourth-order valence-corrected chi connectivity index (χ4v) is 4.25. The summed E-state index contributed by atoms with van der Waals surface area (Å²) in [6.45, 7) is 8.02. The summed E-state index contributed by atoms with van der Waals surface area (Å²) < 4.78 is 7.51. The van der Waals surface area contributed by atoms with Crippen LogP contribution in [0.4, 0.5) is 10.7 Å². The smallest absolute Gasteiger partial charge is 0.777 e. The number of fused-ring (bicyclic) bond motifs is 1. The van der Waals surface area contributed by atoms with Gasteiger partial charge in [0.15, 0.2) is 0 Å². The maximum Gasteiger partial charge on any atom is 1.00 e. The first-order valence-electron chi connectivity index (χ1n) is 9.51. The van der Waals surface area contributed by atoms with Gasteiger partial charge in [-0.25, -0.2) is 14.8 Å². The van der Waals surface area contributed by atoms with Crippen molar-refractivity contribution in [1.29, 1.82) is 0 Å². The van der Waals surface area contributed by atoms with Crippen molar-refractivity contribution in [1.82, 2.24) is 25.1 Å². The van der Waals surface area contributed by atoms with Crippen LogP contribution in [0.15, 0.2) is 29.6 Å². The van der Waals surface area contributed by atoms with Gasteiger partial charge in [-0.2, -0.15) is 5.10 Å². The van der Waals surface area contributed by atoms with Crippen molar-refractivity contribution in [2.45, 2.75) is 56.7 Å². The van der Waals surface area contributed by atoms with E-state index in [0.29, 0.717) is 10.8 Å². The molecular formula is C19H25N6NaO2S. The fraction of sp³-hybridized carbons (Fsp3) is 0.579. The van der Waals surface area contributed by atoms with Crippen molar-refractivity contribution in [2.75, 3.05) is 18.0 Å². The molecule has 0 saturated carbocycles. The summed E-state index contributed by atoms with van der Waals surface area (Å²) in [5.41, 5.74) is 0.411. The molecule has 0 unspecified atom stereocenters. The Labute approximate surface area is 198 Å². The summed E-state index contributed by atoms with van der Waals surface area (Å²) in [6, 6.07) is 1.86. The van der Waals surface area contributed by atoms with E-state index in [1.807, 2.05) is 31.5 Å². The predicted octanol–water partition coefficient (Wildman–Crippen LogP) is -0.551. The molecule has 0 aromatic carbocycles. The Hall–Kier alpha value is -1.42. The third-order valence-electron chi connectivity index (χ3n) is 5.44. The zero-order valence-corrected chi connectivity index (χ0v) is 20.2. The van der Waals surface area contributed by atoms with Gasteiger partial charge in [0.05, 0.1) is 11.7 Å². The predicted molar refractivity (Wildman–Crippen MR) is 106 cm³/mol. The van der Waals surface area contributed by atoms with Crippen LogP contribution in [0.5, 0.6) is 0 Å². The van der Waals surface area contributed by atoms with Gasteiger partial charge in [-0.05, 0) is 39.7 Å². The monoisotopic (exact) mass is 424 g/mol. The third kappa shape index (κ3) is 4.68. The molecule has 1 saturated heterocycles. The molecule has 2 aliphatic rings. The zero-order chi connectivity index (χ0) is 19.9. The van der Waals surface area contributed by atoms with Gasteiger partial charge in [0.2, 0.25) is 5.95 Å². The molecule has 2 aromatic heterocycles. The average Bonchev–Trinajstić information content (AvgIpc) is 3.16. The van der Waals surface area contributed by atoms with E-state index in [0.717, 1.165) is 38.2 Å². The SMILES string of the molecule is CC(C)(C)OC(=O)N[C@@H]1c2ccnn2CC12CCN(c1ncc([S-])cn1)CC2.[Na+]. The number of rotatable bonds is 2. The molecule has 4 heterocycles. The summed E-state index contributed by atoms with van der Waals surface area (Å²) in [5.74, 6) is 0.704. The maximum atomic E-state index is 12.5. The number of ether oxygens (including phenoxy) is 1. The number of carbonyl (C=O) groups is 1. The number of nitrogens with one attached hydrogen (secondary N) is 1. The van der Waals surface area contributed by atoms with Gasteiger partial charge in [0.1, 0.15) is 5.60 Å². The number of amides is 1. The zero-order valence-electron chi connectivity index (χ0n) is 17.4. The Morgan fingerprint density at radius 1 is 1.28 bits per heavy atom. The maximum absolute atomic E-state index is 12.5. The Morgan fingerprint density at radius 3 is 2.55 bits per heavy atom. The molecule has 1 amide bonds. The van der Waals surface area contributed by atoms with E-state index in [9.17, 15) is 4.79 Å². The molecule has 0 aliphatic carbocycles. The van der Waals surface area contributed by atoms with Gasteiger partial charge in [-0.15, -0.1) is 4.90 Å². The van der Waals surface area contributed by atoms with Gasteiger partial charge in [-0.3, -0.25) is 4.68 Å². The molecule has 2 aromatic rings. The summed E-state index contributed by atoms with van der Waals surface area (Å²) in [5, 5.41) is 7.55. The van der Waals surface area contributed by atoms with Gasteiger partial charge < -0.3 is 27.6 Å². The quantitative estimate of drug-likeness (QED) is 0.511. The van der Waals surface area contributed by atoms with Crippen molar-refractivity contribution >= 4 is 24.7 Å². The summed E-state index contributed by atoms with van der Waals surface area (Å²) in [7, 11) is 0. The average molecular weight is 425 g/mol. The van der Waals surface area contributed by atoms with E-state index in [1.165, 1.54) is 0 Å². The fourth-order valence-electron chi connectivity index (χ4n) is 4.15. The minimum Gasteiger partial charge on any atom is -0.777 e. The Morgan fingerprint density at radius 2 is 1.93 bits per heavy atom. The molecule has 29 heavy (non-hydrogen) atoms. The number of carbonyl (C=O) groups excluding carboxylic acids is 1. The number of alkyl carbamates (subject to hydrolysis) is 1. The van der Waals surface area contributed by atoms with E-state index >= 15 is 0 Å². The number of piperidine rings is 1. The molecule has 150 valence electrons. The largest absolute Gasteiger partial charge is 1.00 e. The van der Waals surface area contributed by atoms with Crippen LogP contribution in [0.1, 0.15) is 45.3 Å². The third-order valence-corrected chi connectivity index (χ3v) is 5.65. The van der Waals surface area contributed by atoms with Crippen LogP contribution in [-0.2, 0) is 23.9 Å². The molecule has 1 N–H and O–H groups in total. The number of hydrogen-bond donors (Lipinski definition) is 1. The minimum absolute atomic E-state index is 0. The Kier molecular flexibility index (Phi) is 6.43. The van der Waals surface area contributed by atoms with E-state index in [4.69, 9.17) is 17.4 Å². The van der Waals surface area contributed by atoms with Crippen LogP contribution >= 0.6 is 0 Å². The molecule has 0 bridgehead atoms. The van der Waals surface area contributed by atoms with E-state index < -0.39 is 11.7 Å². The van der Waals surface area contributed by atoms with Crippen molar-refractivity contribution in [3.05, 3.63) is 30.4 Å². The molecule has 0 radical (unpaired) electrons. The number of nitrogens with zero attached hydrogens (tertiary/aromatic N) is 5. The molecular weight excluding hydrogens is 399 g/mol. The van der Waals surface area contributed by atoms with Crippen molar-refractivity contribution in [3.63, 3.8) is 0 Å². The van der Waals surface area contributed by atoms with Crippen LogP contribution in [0.3, 0.4) is 0 Å². The van der Waals surface area contributed by atoms with Crippen LogP contribution in [-0.4, -0.2) is 44.5 Å². The second-order valence-electron chi connectivity index (χ2n) is 8.56. The van der Waals surface area contributed by atoms with Crippen LogP contribution < -0.4 is 39.8 Å². The van der Waals surface area contributed by atoms with Gasteiger partial charge >= 0.3 is 35.7 Å². The second kappa shape index (κ2) is 8.37. The van der Waals surface area contributed by atoms with Gasteiger partial charge in [-0.1, -0.05) is 0 Å². The second-order valence-corrected chi connectivity index (χ2v) is 9.03. The van der Waals surface area contributed by atoms with E-state index in [1.54, 1.807) is 18.6 Å². The number of hydrogen-bond acceptors (Lipinski definition) is 7. The number of anilines is 1. The molecule has 4 rings (SSSR count). The summed E-state index contributed by atoms with van der Waals surface area (Å²) >= 11 is 5.07. The van der Waals surface area contributed by atoms with Gasteiger partial charge in [0.25, 0.3) is 0 Å². The van der Waals surface area contributed by atoms with Crippen LogP contribution in [0.2, 0.25) is 0 Å². The topological polar surface area (TPSA) is 85.2 Å². The first-order valence-corrected chi connectivity index (χ1v) is 9.92. The van der Waals surface area contributed by atoms with Gasteiger partial charge in [0, 0.05) is 43.6 Å². The summed E-state index contributed by atoms with van der Waals surface area (Å²) in [4.78, 5) is 24.0. The van der Waals surface area contributed by atoms with Crippen molar-refractivity contribution in [2.24, 2.45) is 5.41 Å². The molecule has 1 spiro atoms. The molecule has 2 aliphatic heterocycles.